The average Bonchev–Trinajstić information content (AvgIpc) is 3.00. The van der Waals surface area contributed by atoms with Gasteiger partial charge in [-0.1, -0.05) is 17.7 Å². The van der Waals surface area contributed by atoms with Gasteiger partial charge in [0.25, 0.3) is 0 Å². The molecule has 0 radical (unpaired) electrons. The minimum absolute atomic E-state index is 0.0921. The summed E-state index contributed by atoms with van der Waals surface area (Å²) in [5.41, 5.74) is 0.661. The number of nitrogens with zero attached hydrogens (tertiary/aromatic N) is 4. The molecule has 0 saturated carbocycles. The van der Waals surface area contributed by atoms with Gasteiger partial charge < -0.3 is 0 Å². The van der Waals surface area contributed by atoms with Gasteiger partial charge in [0.05, 0.1) is 11.9 Å². The molecule has 1 aliphatic heterocycles. The van der Waals surface area contributed by atoms with Crippen LogP contribution in [-0.2, 0) is 16.6 Å². The van der Waals surface area contributed by atoms with Gasteiger partial charge in [-0.3, -0.25) is 4.90 Å². The Balaban J connectivity index is 1.68. The van der Waals surface area contributed by atoms with Gasteiger partial charge in [-0.15, -0.1) is 0 Å². The van der Waals surface area contributed by atoms with Crippen LogP contribution in [-0.4, -0.2) is 53.6 Å². The zero-order chi connectivity index (χ0) is 19.8. The molecular weight excluding hydrogens is 405 g/mol. The van der Waals surface area contributed by atoms with E-state index in [2.05, 4.69) is 5.10 Å². The highest BCUT2D eigenvalue weighted by atomic mass is 35.5. The minimum Gasteiger partial charge on any atom is -0.296 e. The number of rotatable bonds is 5. The topological polar surface area (TPSA) is 58.4 Å². The van der Waals surface area contributed by atoms with Gasteiger partial charge in [-0.05, 0) is 24.6 Å². The molecule has 0 amide bonds. The molecule has 0 atom stereocenters. The first-order valence-electron chi connectivity index (χ1n) is 8.19. The van der Waals surface area contributed by atoms with Crippen molar-refractivity contribution in [3.63, 3.8) is 0 Å². The highest BCUT2D eigenvalue weighted by molar-refractivity contribution is 7.89. The number of aromatic nitrogens is 2. The third kappa shape index (κ3) is 4.13. The normalized spacial score (nSPS) is 17.0. The van der Waals surface area contributed by atoms with Crippen molar-refractivity contribution < 1.29 is 21.6 Å². The Morgan fingerprint density at radius 1 is 1.22 bits per heavy atom. The summed E-state index contributed by atoms with van der Waals surface area (Å²) >= 11 is 6.03. The van der Waals surface area contributed by atoms with Gasteiger partial charge in [-0.2, -0.15) is 18.2 Å². The van der Waals surface area contributed by atoms with Crippen LogP contribution in [0.3, 0.4) is 0 Å². The number of hydrogen-bond acceptors (Lipinski definition) is 4. The number of piperazine rings is 1. The average molecular weight is 423 g/mol. The van der Waals surface area contributed by atoms with Crippen molar-refractivity contribution in [2.75, 3.05) is 26.2 Å². The Morgan fingerprint density at radius 2 is 1.89 bits per heavy atom. The fourth-order valence-corrected chi connectivity index (χ4v) is 4.81. The maximum absolute atomic E-state index is 13.1. The van der Waals surface area contributed by atoms with E-state index in [9.17, 15) is 21.6 Å². The molecule has 6 nitrogen and oxygen atoms in total. The highest BCUT2D eigenvalue weighted by Crippen LogP contribution is 2.25. The summed E-state index contributed by atoms with van der Waals surface area (Å²) in [7, 11) is -3.90. The van der Waals surface area contributed by atoms with Crippen LogP contribution >= 0.6 is 11.6 Å². The van der Waals surface area contributed by atoms with Crippen molar-refractivity contribution in [3.8, 4) is 0 Å². The number of hydrogen-bond donors (Lipinski definition) is 0. The van der Waals surface area contributed by atoms with Crippen LogP contribution in [0.5, 0.6) is 0 Å². The maximum Gasteiger partial charge on any atom is 0.333 e. The van der Waals surface area contributed by atoms with Crippen molar-refractivity contribution in [1.82, 2.24) is 19.0 Å². The Hall–Kier alpha value is -1.62. The third-order valence-corrected chi connectivity index (χ3v) is 6.90. The van der Waals surface area contributed by atoms with Crippen molar-refractivity contribution in [2.24, 2.45) is 0 Å². The summed E-state index contributed by atoms with van der Waals surface area (Å²) < 4.78 is 65.9. The smallest absolute Gasteiger partial charge is 0.296 e. The van der Waals surface area contributed by atoms with E-state index in [4.69, 9.17) is 11.6 Å². The van der Waals surface area contributed by atoms with E-state index in [-0.39, 0.29) is 23.7 Å². The predicted molar refractivity (Wildman–Crippen MR) is 93.7 cm³/mol. The quantitative estimate of drug-likeness (QED) is 0.743. The second kappa shape index (κ2) is 7.78. The fourth-order valence-electron chi connectivity index (χ4n) is 3.02. The molecule has 1 aromatic carbocycles. The van der Waals surface area contributed by atoms with Crippen molar-refractivity contribution in [3.05, 3.63) is 46.5 Å². The summed E-state index contributed by atoms with van der Waals surface area (Å²) in [5, 5.41) is 3.79. The van der Waals surface area contributed by atoms with Gasteiger partial charge in [-0.25, -0.2) is 17.5 Å². The molecule has 0 spiro atoms. The number of halogens is 4. The van der Waals surface area contributed by atoms with Gasteiger partial charge in [0.15, 0.2) is 0 Å². The Morgan fingerprint density at radius 3 is 2.44 bits per heavy atom. The maximum atomic E-state index is 13.1. The lowest BCUT2D eigenvalue weighted by molar-refractivity contribution is 0.0541. The Kier molecular flexibility index (Phi) is 5.80. The van der Waals surface area contributed by atoms with Gasteiger partial charge in [0.1, 0.15) is 10.7 Å². The second-order valence-corrected chi connectivity index (χ2v) is 8.55. The minimum atomic E-state index is -3.90. The molecule has 3 rings (SSSR count). The highest BCUT2D eigenvalue weighted by Gasteiger charge is 2.32. The molecule has 27 heavy (non-hydrogen) atoms. The first-order valence-corrected chi connectivity index (χ1v) is 10.0. The van der Waals surface area contributed by atoms with Crippen LogP contribution in [0.25, 0.3) is 0 Å². The van der Waals surface area contributed by atoms with Gasteiger partial charge >= 0.3 is 6.55 Å². The van der Waals surface area contributed by atoms with E-state index in [0.29, 0.717) is 29.3 Å². The van der Waals surface area contributed by atoms with Crippen LogP contribution in [0, 0.1) is 12.7 Å². The van der Waals surface area contributed by atoms with E-state index >= 15 is 0 Å². The van der Waals surface area contributed by atoms with Crippen LogP contribution in [0.15, 0.2) is 29.3 Å². The molecule has 0 aliphatic carbocycles. The van der Waals surface area contributed by atoms with Crippen LogP contribution in [0.2, 0.25) is 5.02 Å². The lowest BCUT2D eigenvalue weighted by atomic mass is 10.2. The van der Waals surface area contributed by atoms with Crippen molar-refractivity contribution >= 4 is 21.6 Å². The van der Waals surface area contributed by atoms with Crippen molar-refractivity contribution in [1.29, 1.82) is 0 Å². The molecule has 0 bridgehead atoms. The molecule has 1 aromatic heterocycles. The zero-order valence-electron chi connectivity index (χ0n) is 14.4. The monoisotopic (exact) mass is 422 g/mol. The number of alkyl halides is 2. The lowest BCUT2D eigenvalue weighted by Crippen LogP contribution is -2.48. The van der Waals surface area contributed by atoms with Gasteiger partial charge in [0, 0.05) is 37.7 Å². The SMILES string of the molecule is Cc1c(S(=O)(=O)N2CCN(Cc3ccc(F)cc3Cl)CC2)cnn1C(F)F. The van der Waals surface area contributed by atoms with E-state index in [1.54, 1.807) is 6.07 Å². The van der Waals surface area contributed by atoms with Crippen LogP contribution in [0.1, 0.15) is 17.8 Å². The summed E-state index contributed by atoms with van der Waals surface area (Å²) in [6.45, 7) is 0.171. The van der Waals surface area contributed by atoms with E-state index in [0.717, 1.165) is 11.8 Å². The molecular formula is C16H18ClF3N4O2S. The van der Waals surface area contributed by atoms with E-state index < -0.39 is 22.4 Å². The Labute approximate surface area is 160 Å². The molecule has 148 valence electrons. The van der Waals surface area contributed by atoms with Crippen LogP contribution in [0.4, 0.5) is 13.2 Å². The standard InChI is InChI=1S/C16H18ClF3N4O2S/c1-11-15(9-21-24(11)16(19)20)27(25,26)23-6-4-22(5-7-23)10-12-2-3-13(18)8-14(12)17/h2-3,8-9,16H,4-7,10H2,1H3. The van der Waals surface area contributed by atoms with Crippen LogP contribution < -0.4 is 0 Å². The summed E-state index contributed by atoms with van der Waals surface area (Å²) in [5.74, 6) is -0.417. The van der Waals surface area contributed by atoms with Gasteiger partial charge in [0.2, 0.25) is 10.0 Å². The molecule has 0 unspecified atom stereocenters. The molecule has 11 heteroatoms. The second-order valence-electron chi connectivity index (χ2n) is 6.23. The lowest BCUT2D eigenvalue weighted by Gasteiger charge is -2.34. The Bertz CT molecular complexity index is 928. The predicted octanol–water partition coefficient (Wildman–Crippen LogP) is 2.89. The fraction of sp³-hybridized carbons (Fsp3) is 0.438. The van der Waals surface area contributed by atoms with Crippen molar-refractivity contribution in [2.45, 2.75) is 24.9 Å². The van der Waals surface area contributed by atoms with E-state index in [1.165, 1.54) is 23.4 Å². The summed E-state index contributed by atoms with van der Waals surface area (Å²) in [6, 6.07) is 4.16. The molecule has 0 N–H and O–H groups in total. The molecule has 2 aromatic rings. The first kappa shape index (κ1) is 20.1. The number of sulfonamides is 1. The molecule has 1 saturated heterocycles. The molecule has 2 heterocycles. The number of benzene rings is 1. The zero-order valence-corrected chi connectivity index (χ0v) is 16.0. The first-order chi connectivity index (χ1) is 12.7. The molecule has 1 aliphatic rings. The summed E-state index contributed by atoms with van der Waals surface area (Å²) in [4.78, 5) is 1.79. The third-order valence-electron chi connectivity index (χ3n) is 4.54. The molecule has 1 fully saturated rings. The largest absolute Gasteiger partial charge is 0.333 e. The summed E-state index contributed by atoms with van der Waals surface area (Å²) in [6.07, 6.45) is 0.960. The van der Waals surface area contributed by atoms with E-state index in [1.807, 2.05) is 4.90 Å².